The Kier molecular flexibility index (Phi) is 4.84. The van der Waals surface area contributed by atoms with E-state index in [0.717, 1.165) is 62.3 Å². The molecular weight excluding hydrogens is 360 g/mol. The summed E-state index contributed by atoms with van der Waals surface area (Å²) < 4.78 is 0. The van der Waals surface area contributed by atoms with E-state index in [1.165, 1.54) is 23.1 Å². The topological polar surface area (TPSA) is 52.2 Å². The van der Waals surface area contributed by atoms with E-state index in [4.69, 9.17) is 0 Å². The number of para-hydroxylation sites is 1. The molecule has 5 heteroatoms. The number of piperazine rings is 1. The minimum Gasteiger partial charge on any atom is -0.358 e. The van der Waals surface area contributed by atoms with Gasteiger partial charge in [-0.25, -0.2) is 0 Å². The van der Waals surface area contributed by atoms with Gasteiger partial charge in [-0.15, -0.1) is 0 Å². The highest BCUT2D eigenvalue weighted by atomic mass is 16.2. The van der Waals surface area contributed by atoms with E-state index in [1.807, 2.05) is 35.4 Å². The number of carbonyl (C=O) groups excluding carboxylic acids is 1. The lowest BCUT2D eigenvalue weighted by molar-refractivity contribution is 0.0629. The van der Waals surface area contributed by atoms with Crippen LogP contribution in [0, 0.1) is 5.92 Å². The number of aromatic amines is 1. The summed E-state index contributed by atoms with van der Waals surface area (Å²) in [6, 6.07) is 12.2. The van der Waals surface area contributed by atoms with Crippen molar-refractivity contribution in [1.82, 2.24) is 19.8 Å². The van der Waals surface area contributed by atoms with Gasteiger partial charge in [0.2, 0.25) is 0 Å². The number of H-pyrrole nitrogens is 1. The Labute approximate surface area is 171 Å². The number of nitrogens with one attached hydrogen (secondary N) is 1. The number of benzene rings is 1. The number of amides is 1. The third-order valence-corrected chi connectivity index (χ3v) is 6.47. The summed E-state index contributed by atoms with van der Waals surface area (Å²) in [6.45, 7) is 6.47. The largest absolute Gasteiger partial charge is 0.358 e. The Bertz CT molecular complexity index is 1020. The molecule has 0 bridgehead atoms. The molecule has 150 valence electrons. The van der Waals surface area contributed by atoms with Gasteiger partial charge in [0, 0.05) is 50.0 Å². The zero-order valence-corrected chi connectivity index (χ0v) is 17.0. The molecule has 1 aromatic carbocycles. The second-order valence-corrected chi connectivity index (χ2v) is 8.55. The third-order valence-electron chi connectivity index (χ3n) is 6.47. The van der Waals surface area contributed by atoms with Gasteiger partial charge in [-0.3, -0.25) is 14.7 Å². The first-order valence-electron chi connectivity index (χ1n) is 10.7. The minimum absolute atomic E-state index is 0.153. The molecule has 5 rings (SSSR count). The number of rotatable bonds is 3. The Morgan fingerprint density at radius 2 is 2.00 bits per heavy atom. The molecule has 0 unspecified atom stereocenters. The molecular formula is C24H28N4O. The predicted octanol–water partition coefficient (Wildman–Crippen LogP) is 3.65. The number of hydrogen-bond acceptors (Lipinski definition) is 3. The first kappa shape index (κ1) is 18.4. The molecule has 1 saturated heterocycles. The highest BCUT2D eigenvalue weighted by Crippen LogP contribution is 2.33. The van der Waals surface area contributed by atoms with Crippen LogP contribution in [0.1, 0.15) is 40.7 Å². The van der Waals surface area contributed by atoms with Gasteiger partial charge < -0.3 is 9.88 Å². The number of aryl methyl sites for hydroxylation is 1. The van der Waals surface area contributed by atoms with Crippen LogP contribution in [0.3, 0.4) is 0 Å². The first-order chi connectivity index (χ1) is 14.2. The highest BCUT2D eigenvalue weighted by Gasteiger charge is 2.26. The van der Waals surface area contributed by atoms with E-state index in [9.17, 15) is 4.79 Å². The first-order valence-corrected chi connectivity index (χ1v) is 10.7. The Morgan fingerprint density at radius 3 is 2.79 bits per heavy atom. The quantitative estimate of drug-likeness (QED) is 0.745. The summed E-state index contributed by atoms with van der Waals surface area (Å²) in [6.07, 6.45) is 5.26. The fraction of sp³-hybridized carbons (Fsp3) is 0.417. The van der Waals surface area contributed by atoms with Gasteiger partial charge in [-0.05, 0) is 48.9 Å². The van der Waals surface area contributed by atoms with Crippen molar-refractivity contribution in [1.29, 1.82) is 0 Å². The monoisotopic (exact) mass is 388 g/mol. The lowest BCUT2D eigenvalue weighted by Gasteiger charge is -2.34. The maximum absolute atomic E-state index is 13.3. The van der Waals surface area contributed by atoms with E-state index in [0.29, 0.717) is 5.92 Å². The Morgan fingerprint density at radius 1 is 1.14 bits per heavy atom. The van der Waals surface area contributed by atoms with Gasteiger partial charge >= 0.3 is 0 Å². The zero-order chi connectivity index (χ0) is 19.8. The highest BCUT2D eigenvalue weighted by molar-refractivity contribution is 6.06. The van der Waals surface area contributed by atoms with Crippen LogP contribution in [0.4, 0.5) is 0 Å². The molecule has 2 aliphatic rings. The molecule has 1 fully saturated rings. The average molecular weight is 389 g/mol. The molecule has 3 heterocycles. The summed E-state index contributed by atoms with van der Waals surface area (Å²) >= 11 is 0. The van der Waals surface area contributed by atoms with Crippen LogP contribution in [0.25, 0.3) is 10.9 Å². The fourth-order valence-electron chi connectivity index (χ4n) is 4.79. The molecule has 29 heavy (non-hydrogen) atoms. The lowest BCUT2D eigenvalue weighted by atomic mass is 9.87. The number of aromatic nitrogens is 2. The van der Waals surface area contributed by atoms with Gasteiger partial charge in [0.05, 0.1) is 16.8 Å². The summed E-state index contributed by atoms with van der Waals surface area (Å²) in [4.78, 5) is 25.7. The summed E-state index contributed by atoms with van der Waals surface area (Å²) in [5.41, 5.74) is 5.70. The predicted molar refractivity (Wildman–Crippen MR) is 115 cm³/mol. The number of pyridine rings is 1. The molecule has 1 amide bonds. The number of fused-ring (bicyclic) bond motifs is 3. The van der Waals surface area contributed by atoms with Crippen LogP contribution in [-0.4, -0.2) is 51.9 Å². The van der Waals surface area contributed by atoms with E-state index in [-0.39, 0.29) is 5.91 Å². The molecule has 0 spiro atoms. The molecule has 1 atom stereocenters. The van der Waals surface area contributed by atoms with Crippen molar-refractivity contribution in [2.24, 2.45) is 5.92 Å². The molecule has 0 radical (unpaired) electrons. The summed E-state index contributed by atoms with van der Waals surface area (Å²) in [7, 11) is 0. The van der Waals surface area contributed by atoms with Crippen LogP contribution in [-0.2, 0) is 19.4 Å². The van der Waals surface area contributed by atoms with Crippen LogP contribution >= 0.6 is 0 Å². The fourth-order valence-corrected chi connectivity index (χ4v) is 4.79. The lowest BCUT2D eigenvalue weighted by Crippen LogP contribution is -2.48. The SMILES string of the molecule is C[C@H]1CCc2[nH]c3c(C(=O)N4CCN(Cc5ccccn5)CC4)cccc3c2C1. The smallest absolute Gasteiger partial charge is 0.256 e. The second-order valence-electron chi connectivity index (χ2n) is 8.55. The number of hydrogen-bond donors (Lipinski definition) is 1. The third kappa shape index (κ3) is 3.55. The van der Waals surface area contributed by atoms with Crippen LogP contribution in [0.5, 0.6) is 0 Å². The number of nitrogens with zero attached hydrogens (tertiary/aromatic N) is 3. The van der Waals surface area contributed by atoms with Crippen LogP contribution < -0.4 is 0 Å². The Balaban J connectivity index is 1.32. The average Bonchev–Trinajstić information content (AvgIpc) is 3.12. The normalized spacial score (nSPS) is 20.0. The van der Waals surface area contributed by atoms with Crippen molar-refractivity contribution in [2.75, 3.05) is 26.2 Å². The van der Waals surface area contributed by atoms with Crippen molar-refractivity contribution in [2.45, 2.75) is 32.7 Å². The van der Waals surface area contributed by atoms with Gasteiger partial charge in [0.25, 0.3) is 5.91 Å². The van der Waals surface area contributed by atoms with Crippen molar-refractivity contribution in [3.8, 4) is 0 Å². The molecule has 2 aromatic heterocycles. The van der Waals surface area contributed by atoms with E-state index in [2.05, 4.69) is 33.9 Å². The van der Waals surface area contributed by atoms with Crippen molar-refractivity contribution in [3.63, 3.8) is 0 Å². The van der Waals surface area contributed by atoms with Crippen molar-refractivity contribution < 1.29 is 4.79 Å². The minimum atomic E-state index is 0.153. The van der Waals surface area contributed by atoms with Crippen LogP contribution in [0.15, 0.2) is 42.6 Å². The molecule has 3 aromatic rings. The zero-order valence-electron chi connectivity index (χ0n) is 17.0. The van der Waals surface area contributed by atoms with E-state index in [1.54, 1.807) is 0 Å². The van der Waals surface area contributed by atoms with Gasteiger partial charge in [-0.1, -0.05) is 25.1 Å². The molecule has 1 aliphatic heterocycles. The van der Waals surface area contributed by atoms with Crippen molar-refractivity contribution in [3.05, 3.63) is 65.1 Å². The molecule has 1 aliphatic carbocycles. The van der Waals surface area contributed by atoms with Crippen molar-refractivity contribution >= 4 is 16.8 Å². The standard InChI is InChI=1S/C24H28N4O/c1-17-8-9-22-21(15-17)19-6-4-7-20(23(19)26-22)24(29)28-13-11-27(12-14-28)16-18-5-2-3-10-25-18/h2-7,10,17,26H,8-9,11-16H2,1H3/t17-/m0/s1. The summed E-state index contributed by atoms with van der Waals surface area (Å²) in [5, 5.41) is 1.24. The Hall–Kier alpha value is -2.66. The van der Waals surface area contributed by atoms with E-state index >= 15 is 0 Å². The molecule has 1 N–H and O–H groups in total. The van der Waals surface area contributed by atoms with E-state index < -0.39 is 0 Å². The van der Waals surface area contributed by atoms with Gasteiger partial charge in [0.15, 0.2) is 0 Å². The maximum atomic E-state index is 13.3. The van der Waals surface area contributed by atoms with Crippen LogP contribution in [0.2, 0.25) is 0 Å². The maximum Gasteiger partial charge on any atom is 0.256 e. The second kappa shape index (κ2) is 7.64. The van der Waals surface area contributed by atoms with Gasteiger partial charge in [-0.2, -0.15) is 0 Å². The molecule has 5 nitrogen and oxygen atoms in total. The van der Waals surface area contributed by atoms with Gasteiger partial charge in [0.1, 0.15) is 0 Å². The summed E-state index contributed by atoms with van der Waals surface area (Å²) in [5.74, 6) is 0.868. The number of carbonyl (C=O) groups is 1. The molecule has 0 saturated carbocycles.